The Morgan fingerprint density at radius 1 is 1.61 bits per heavy atom. The molecule has 1 N–H and O–H groups in total. The Labute approximate surface area is 108 Å². The minimum atomic E-state index is 0.197. The van der Waals surface area contributed by atoms with E-state index in [9.17, 15) is 0 Å². The van der Waals surface area contributed by atoms with Gasteiger partial charge < -0.3 is 14.8 Å². The second-order valence-electron chi connectivity index (χ2n) is 5.13. The monoisotopic (exact) mass is 253 g/mol. The van der Waals surface area contributed by atoms with Crippen LogP contribution in [0.5, 0.6) is 0 Å². The Morgan fingerprint density at radius 2 is 2.50 bits per heavy atom. The zero-order valence-electron chi connectivity index (χ0n) is 11.3. The van der Waals surface area contributed by atoms with Crippen LogP contribution in [0.15, 0.2) is 12.3 Å². The third kappa shape index (κ3) is 3.54. The van der Waals surface area contributed by atoms with Crippen LogP contribution in [0.25, 0.3) is 0 Å². The first kappa shape index (κ1) is 13.5. The van der Waals surface area contributed by atoms with Gasteiger partial charge in [-0.1, -0.05) is 0 Å². The van der Waals surface area contributed by atoms with Crippen LogP contribution in [0.3, 0.4) is 0 Å². The minimum absolute atomic E-state index is 0.197. The highest BCUT2D eigenvalue weighted by Crippen LogP contribution is 2.31. The van der Waals surface area contributed by atoms with Gasteiger partial charge in [0.2, 0.25) is 0 Å². The molecule has 1 aliphatic heterocycles. The molecular weight excluding hydrogens is 230 g/mol. The van der Waals surface area contributed by atoms with E-state index in [1.165, 1.54) is 0 Å². The van der Waals surface area contributed by atoms with Gasteiger partial charge in [-0.15, -0.1) is 0 Å². The van der Waals surface area contributed by atoms with Crippen LogP contribution in [-0.2, 0) is 22.9 Å². The van der Waals surface area contributed by atoms with E-state index >= 15 is 0 Å². The number of rotatable bonds is 7. The average Bonchev–Trinajstić information content (AvgIpc) is 2.96. The molecule has 102 valence electrons. The lowest BCUT2D eigenvalue weighted by Crippen LogP contribution is -2.38. The Bertz CT molecular complexity index is 359. The fourth-order valence-corrected chi connectivity index (χ4v) is 2.46. The smallest absolute Gasteiger partial charge is 0.0631 e. The second-order valence-corrected chi connectivity index (χ2v) is 5.13. The van der Waals surface area contributed by atoms with E-state index < -0.39 is 0 Å². The molecule has 5 heteroatoms. The maximum Gasteiger partial charge on any atom is 0.0631 e. The molecule has 1 saturated heterocycles. The van der Waals surface area contributed by atoms with Crippen LogP contribution in [0.4, 0.5) is 0 Å². The summed E-state index contributed by atoms with van der Waals surface area (Å²) in [7, 11) is 3.68. The van der Waals surface area contributed by atoms with E-state index in [1.807, 2.05) is 17.9 Å². The minimum Gasteiger partial charge on any atom is -0.383 e. The third-order valence-electron chi connectivity index (χ3n) is 3.49. The molecule has 2 rings (SSSR count). The molecular formula is C13H23N3O2. The Morgan fingerprint density at radius 3 is 3.11 bits per heavy atom. The van der Waals surface area contributed by atoms with Crippen molar-refractivity contribution in [2.45, 2.75) is 12.8 Å². The number of ether oxygens (including phenoxy) is 2. The first-order chi connectivity index (χ1) is 8.74. The summed E-state index contributed by atoms with van der Waals surface area (Å²) in [5, 5.41) is 7.93. The van der Waals surface area contributed by atoms with Crippen LogP contribution in [-0.4, -0.2) is 49.8 Å². The normalized spacial score (nSPS) is 23.7. The van der Waals surface area contributed by atoms with Crippen molar-refractivity contribution < 1.29 is 9.47 Å². The molecule has 1 aromatic heterocycles. The number of hydrogen-bond acceptors (Lipinski definition) is 4. The highest BCUT2D eigenvalue weighted by atomic mass is 16.5. The summed E-state index contributed by atoms with van der Waals surface area (Å²) in [5.41, 5.74) is 1.35. The van der Waals surface area contributed by atoms with Crippen LogP contribution in [0.1, 0.15) is 12.1 Å². The second kappa shape index (κ2) is 6.31. The molecule has 18 heavy (non-hydrogen) atoms. The number of aromatic nitrogens is 2. The molecule has 0 bridgehead atoms. The highest BCUT2D eigenvalue weighted by molar-refractivity contribution is 5.05. The molecule has 0 radical (unpaired) electrons. The molecule has 2 heterocycles. The Kier molecular flexibility index (Phi) is 4.74. The number of nitrogens with one attached hydrogen (secondary N) is 1. The van der Waals surface area contributed by atoms with E-state index in [1.54, 1.807) is 7.11 Å². The van der Waals surface area contributed by atoms with E-state index in [0.717, 1.165) is 51.4 Å². The van der Waals surface area contributed by atoms with Crippen LogP contribution < -0.4 is 5.32 Å². The van der Waals surface area contributed by atoms with Gasteiger partial charge in [0, 0.05) is 51.9 Å². The van der Waals surface area contributed by atoms with Crippen molar-refractivity contribution in [1.29, 1.82) is 0 Å². The molecule has 0 saturated carbocycles. The van der Waals surface area contributed by atoms with E-state index in [4.69, 9.17) is 9.47 Å². The summed E-state index contributed by atoms with van der Waals surface area (Å²) in [6.07, 6.45) is 4.08. The molecule has 0 aliphatic carbocycles. The SMILES string of the molecule is COCCNCC1(Cc2ccn(C)n2)CCOC1. The van der Waals surface area contributed by atoms with Crippen LogP contribution in [0.2, 0.25) is 0 Å². The fourth-order valence-electron chi connectivity index (χ4n) is 2.46. The van der Waals surface area contributed by atoms with Crippen molar-refractivity contribution >= 4 is 0 Å². The first-order valence-corrected chi connectivity index (χ1v) is 6.50. The van der Waals surface area contributed by atoms with Gasteiger partial charge in [-0.2, -0.15) is 5.10 Å². The van der Waals surface area contributed by atoms with Gasteiger partial charge in [0.05, 0.1) is 18.9 Å². The maximum absolute atomic E-state index is 5.59. The molecule has 5 nitrogen and oxygen atoms in total. The summed E-state index contributed by atoms with van der Waals surface area (Å²) in [6, 6.07) is 2.09. The first-order valence-electron chi connectivity index (χ1n) is 6.50. The maximum atomic E-state index is 5.59. The molecule has 1 aromatic rings. The number of aryl methyl sites for hydroxylation is 1. The zero-order valence-corrected chi connectivity index (χ0v) is 11.3. The molecule has 1 unspecified atom stereocenters. The molecule has 0 spiro atoms. The number of methoxy groups -OCH3 is 1. The Balaban J connectivity index is 1.89. The van der Waals surface area contributed by atoms with E-state index in [2.05, 4.69) is 16.5 Å². The lowest BCUT2D eigenvalue weighted by molar-refractivity contribution is 0.144. The molecule has 1 atom stereocenters. The fraction of sp³-hybridized carbons (Fsp3) is 0.769. The lowest BCUT2D eigenvalue weighted by Gasteiger charge is -2.27. The summed E-state index contributed by atoms with van der Waals surface area (Å²) in [4.78, 5) is 0. The summed E-state index contributed by atoms with van der Waals surface area (Å²) in [5.74, 6) is 0. The topological polar surface area (TPSA) is 48.3 Å². The van der Waals surface area contributed by atoms with Gasteiger partial charge >= 0.3 is 0 Å². The van der Waals surface area contributed by atoms with Crippen molar-refractivity contribution in [2.24, 2.45) is 12.5 Å². The van der Waals surface area contributed by atoms with Gasteiger partial charge in [-0.25, -0.2) is 0 Å². The van der Waals surface area contributed by atoms with Gasteiger partial charge in [0.15, 0.2) is 0 Å². The van der Waals surface area contributed by atoms with Gasteiger partial charge in [-0.3, -0.25) is 4.68 Å². The molecule has 1 aliphatic rings. The summed E-state index contributed by atoms with van der Waals surface area (Å²) >= 11 is 0. The zero-order chi connectivity index (χ0) is 12.8. The summed E-state index contributed by atoms with van der Waals surface area (Å²) in [6.45, 7) is 4.29. The van der Waals surface area contributed by atoms with E-state index in [-0.39, 0.29) is 5.41 Å². The highest BCUT2D eigenvalue weighted by Gasteiger charge is 2.35. The average molecular weight is 253 g/mol. The van der Waals surface area contributed by atoms with Crippen LogP contribution in [0, 0.1) is 5.41 Å². The lowest BCUT2D eigenvalue weighted by atomic mass is 9.82. The van der Waals surface area contributed by atoms with Gasteiger partial charge in [-0.05, 0) is 12.5 Å². The molecule has 0 aromatic carbocycles. The predicted octanol–water partition coefficient (Wildman–Crippen LogP) is 0.605. The quantitative estimate of drug-likeness (QED) is 0.723. The largest absolute Gasteiger partial charge is 0.383 e. The van der Waals surface area contributed by atoms with Crippen molar-refractivity contribution in [3.63, 3.8) is 0 Å². The van der Waals surface area contributed by atoms with Gasteiger partial charge in [0.1, 0.15) is 0 Å². The van der Waals surface area contributed by atoms with Gasteiger partial charge in [0.25, 0.3) is 0 Å². The van der Waals surface area contributed by atoms with Crippen molar-refractivity contribution in [1.82, 2.24) is 15.1 Å². The Hall–Kier alpha value is -0.910. The van der Waals surface area contributed by atoms with E-state index in [0.29, 0.717) is 0 Å². The third-order valence-corrected chi connectivity index (χ3v) is 3.49. The van der Waals surface area contributed by atoms with Crippen molar-refractivity contribution in [3.05, 3.63) is 18.0 Å². The molecule has 1 fully saturated rings. The molecule has 0 amide bonds. The van der Waals surface area contributed by atoms with Crippen molar-refractivity contribution in [3.8, 4) is 0 Å². The summed E-state index contributed by atoms with van der Waals surface area (Å²) < 4.78 is 12.5. The number of nitrogens with zero attached hydrogens (tertiary/aromatic N) is 2. The number of hydrogen-bond donors (Lipinski definition) is 1. The van der Waals surface area contributed by atoms with Crippen LogP contribution >= 0.6 is 0 Å². The standard InChI is InChI=1S/C13H23N3O2/c1-16-6-3-12(15-16)9-13(4-7-18-11-13)10-14-5-8-17-2/h3,6,14H,4-5,7-11H2,1-2H3. The van der Waals surface area contributed by atoms with Crippen molar-refractivity contribution in [2.75, 3.05) is 40.0 Å². The predicted molar refractivity (Wildman–Crippen MR) is 69.5 cm³/mol.